The van der Waals surface area contributed by atoms with Gasteiger partial charge in [-0.05, 0) is 45.4 Å². The monoisotopic (exact) mass is 265 g/mol. The Hall–Kier alpha value is -0.670. The Labute approximate surface area is 114 Å². The Morgan fingerprint density at radius 1 is 1.28 bits per heavy atom. The van der Waals surface area contributed by atoms with E-state index >= 15 is 0 Å². The van der Waals surface area contributed by atoms with Gasteiger partial charge in [-0.25, -0.2) is 0 Å². The average Bonchev–Trinajstić information content (AvgIpc) is 2.28. The summed E-state index contributed by atoms with van der Waals surface area (Å²) in [5.74, 6) is 3.28. The maximum Gasteiger partial charge on any atom is 0.119 e. The summed E-state index contributed by atoms with van der Waals surface area (Å²) in [6, 6.07) is 8.95. The second-order valence-electron chi connectivity index (χ2n) is 5.83. The summed E-state index contributed by atoms with van der Waals surface area (Å²) in [4.78, 5) is 0. The molecule has 0 bridgehead atoms. The SMILES string of the molecule is CC(C)Oc1ccc(C2CSCC(C)(C)N2)cc1. The highest BCUT2D eigenvalue weighted by molar-refractivity contribution is 7.99. The third kappa shape index (κ3) is 3.66. The van der Waals surface area contributed by atoms with E-state index in [0.29, 0.717) is 6.04 Å². The van der Waals surface area contributed by atoms with Gasteiger partial charge in [0.15, 0.2) is 0 Å². The van der Waals surface area contributed by atoms with E-state index in [1.165, 1.54) is 11.3 Å². The zero-order valence-corrected chi connectivity index (χ0v) is 12.5. The summed E-state index contributed by atoms with van der Waals surface area (Å²) >= 11 is 2.03. The van der Waals surface area contributed by atoms with E-state index in [0.717, 1.165) is 11.5 Å². The largest absolute Gasteiger partial charge is 0.491 e. The van der Waals surface area contributed by atoms with Crippen molar-refractivity contribution in [1.29, 1.82) is 0 Å². The number of ether oxygens (including phenoxy) is 1. The zero-order chi connectivity index (χ0) is 13.2. The van der Waals surface area contributed by atoms with Crippen LogP contribution in [0.3, 0.4) is 0 Å². The minimum atomic E-state index is 0.223. The molecule has 1 aromatic rings. The molecule has 0 saturated carbocycles. The average molecular weight is 265 g/mol. The molecule has 0 amide bonds. The van der Waals surface area contributed by atoms with Gasteiger partial charge in [0.25, 0.3) is 0 Å². The molecule has 1 heterocycles. The first kappa shape index (κ1) is 13.8. The minimum absolute atomic E-state index is 0.223. The summed E-state index contributed by atoms with van der Waals surface area (Å²) in [7, 11) is 0. The summed E-state index contributed by atoms with van der Waals surface area (Å²) in [5, 5.41) is 3.71. The van der Waals surface area contributed by atoms with Crippen LogP contribution in [0.5, 0.6) is 5.75 Å². The minimum Gasteiger partial charge on any atom is -0.491 e. The van der Waals surface area contributed by atoms with Crippen LogP contribution in [0.2, 0.25) is 0 Å². The van der Waals surface area contributed by atoms with Crippen molar-refractivity contribution < 1.29 is 4.74 Å². The first-order valence-corrected chi connectivity index (χ1v) is 7.74. The fraction of sp³-hybridized carbons (Fsp3) is 0.600. The predicted molar refractivity (Wildman–Crippen MR) is 79.5 cm³/mol. The summed E-state index contributed by atoms with van der Waals surface area (Å²) in [6.07, 6.45) is 0.234. The van der Waals surface area contributed by atoms with E-state index in [2.05, 4.69) is 57.3 Å². The Balaban J connectivity index is 2.05. The Morgan fingerprint density at radius 2 is 1.94 bits per heavy atom. The molecule has 1 saturated heterocycles. The zero-order valence-electron chi connectivity index (χ0n) is 11.7. The predicted octanol–water partition coefficient (Wildman–Crippen LogP) is 3.63. The molecule has 0 spiro atoms. The number of hydrogen-bond acceptors (Lipinski definition) is 3. The summed E-state index contributed by atoms with van der Waals surface area (Å²) < 4.78 is 5.67. The molecule has 18 heavy (non-hydrogen) atoms. The van der Waals surface area contributed by atoms with E-state index in [4.69, 9.17) is 4.74 Å². The van der Waals surface area contributed by atoms with Gasteiger partial charge in [-0.3, -0.25) is 0 Å². The molecular formula is C15H23NOS. The summed E-state index contributed by atoms with van der Waals surface area (Å²) in [5.41, 5.74) is 1.58. The molecular weight excluding hydrogens is 242 g/mol. The quantitative estimate of drug-likeness (QED) is 0.901. The molecule has 0 aromatic heterocycles. The van der Waals surface area contributed by atoms with E-state index in [9.17, 15) is 0 Å². The van der Waals surface area contributed by atoms with E-state index in [-0.39, 0.29) is 11.6 Å². The molecule has 1 atom stereocenters. The highest BCUT2D eigenvalue weighted by Crippen LogP contribution is 2.30. The Morgan fingerprint density at radius 3 is 2.50 bits per heavy atom. The molecule has 3 heteroatoms. The third-order valence-electron chi connectivity index (χ3n) is 2.97. The van der Waals surface area contributed by atoms with Gasteiger partial charge >= 0.3 is 0 Å². The number of thioether (sulfide) groups is 1. The molecule has 1 unspecified atom stereocenters. The maximum absolute atomic E-state index is 5.67. The van der Waals surface area contributed by atoms with Crippen LogP contribution in [0, 0.1) is 0 Å². The van der Waals surface area contributed by atoms with Crippen LogP contribution in [0.25, 0.3) is 0 Å². The van der Waals surface area contributed by atoms with Crippen molar-refractivity contribution in [2.45, 2.75) is 45.4 Å². The van der Waals surface area contributed by atoms with Crippen LogP contribution in [-0.2, 0) is 0 Å². The van der Waals surface area contributed by atoms with E-state index in [1.54, 1.807) is 0 Å². The van der Waals surface area contributed by atoms with Crippen LogP contribution in [-0.4, -0.2) is 23.1 Å². The second-order valence-corrected chi connectivity index (χ2v) is 6.86. The van der Waals surface area contributed by atoms with Gasteiger partial charge < -0.3 is 10.1 Å². The molecule has 1 aromatic carbocycles. The number of nitrogens with one attached hydrogen (secondary N) is 1. The van der Waals surface area contributed by atoms with Crippen molar-refractivity contribution in [3.63, 3.8) is 0 Å². The first-order chi connectivity index (χ1) is 8.46. The van der Waals surface area contributed by atoms with Crippen molar-refractivity contribution in [3.05, 3.63) is 29.8 Å². The normalized spacial score (nSPS) is 23.1. The molecule has 1 fully saturated rings. The Bertz CT molecular complexity index is 386. The second kappa shape index (κ2) is 5.54. The molecule has 1 N–H and O–H groups in total. The lowest BCUT2D eigenvalue weighted by Gasteiger charge is -2.37. The van der Waals surface area contributed by atoms with E-state index in [1.807, 2.05) is 11.8 Å². The lowest BCUT2D eigenvalue weighted by atomic mass is 10.0. The molecule has 0 aliphatic carbocycles. The van der Waals surface area contributed by atoms with E-state index < -0.39 is 0 Å². The third-order valence-corrected chi connectivity index (χ3v) is 4.46. The number of hydrogen-bond donors (Lipinski definition) is 1. The van der Waals surface area contributed by atoms with Crippen LogP contribution < -0.4 is 10.1 Å². The fourth-order valence-corrected chi connectivity index (χ4v) is 3.44. The molecule has 2 rings (SSSR count). The number of rotatable bonds is 3. The van der Waals surface area contributed by atoms with Crippen molar-refractivity contribution >= 4 is 11.8 Å². The van der Waals surface area contributed by atoms with Crippen molar-refractivity contribution in [2.24, 2.45) is 0 Å². The van der Waals surface area contributed by atoms with Crippen molar-refractivity contribution in [3.8, 4) is 5.75 Å². The first-order valence-electron chi connectivity index (χ1n) is 6.58. The molecule has 1 aliphatic heterocycles. The van der Waals surface area contributed by atoms with Crippen LogP contribution in [0.4, 0.5) is 0 Å². The number of benzene rings is 1. The highest BCUT2D eigenvalue weighted by Gasteiger charge is 2.28. The van der Waals surface area contributed by atoms with Crippen LogP contribution >= 0.6 is 11.8 Å². The maximum atomic E-state index is 5.67. The smallest absolute Gasteiger partial charge is 0.119 e. The molecule has 0 radical (unpaired) electrons. The van der Waals surface area contributed by atoms with Gasteiger partial charge in [0, 0.05) is 23.1 Å². The molecule has 1 aliphatic rings. The topological polar surface area (TPSA) is 21.3 Å². The van der Waals surface area contributed by atoms with Gasteiger partial charge in [-0.15, -0.1) is 0 Å². The highest BCUT2D eigenvalue weighted by atomic mass is 32.2. The standard InChI is InChI=1S/C15H23NOS/c1-11(2)17-13-7-5-12(6-8-13)14-9-18-10-15(3,4)16-14/h5-8,11,14,16H,9-10H2,1-4H3. The Kier molecular flexibility index (Phi) is 4.23. The molecule has 100 valence electrons. The van der Waals surface area contributed by atoms with Crippen molar-refractivity contribution in [2.75, 3.05) is 11.5 Å². The van der Waals surface area contributed by atoms with Crippen LogP contribution in [0.15, 0.2) is 24.3 Å². The van der Waals surface area contributed by atoms with Crippen molar-refractivity contribution in [1.82, 2.24) is 5.32 Å². The lowest BCUT2D eigenvalue weighted by Crippen LogP contribution is -2.48. The fourth-order valence-electron chi connectivity index (χ4n) is 2.22. The van der Waals surface area contributed by atoms with Gasteiger partial charge in [0.1, 0.15) is 5.75 Å². The van der Waals surface area contributed by atoms with Gasteiger partial charge in [0.05, 0.1) is 6.10 Å². The van der Waals surface area contributed by atoms with Gasteiger partial charge in [0.2, 0.25) is 0 Å². The van der Waals surface area contributed by atoms with Gasteiger partial charge in [-0.1, -0.05) is 12.1 Å². The summed E-state index contributed by atoms with van der Waals surface area (Å²) in [6.45, 7) is 8.64. The lowest BCUT2D eigenvalue weighted by molar-refractivity contribution is 0.242. The molecule has 2 nitrogen and oxygen atoms in total. The van der Waals surface area contributed by atoms with Gasteiger partial charge in [-0.2, -0.15) is 11.8 Å². The van der Waals surface area contributed by atoms with Crippen LogP contribution in [0.1, 0.15) is 39.3 Å².